The van der Waals surface area contributed by atoms with Gasteiger partial charge in [-0.05, 0) is 83.3 Å². The van der Waals surface area contributed by atoms with Crippen LogP contribution in [0.5, 0.6) is 11.6 Å². The highest BCUT2D eigenvalue weighted by Gasteiger charge is 2.62. The van der Waals surface area contributed by atoms with Crippen molar-refractivity contribution < 1.29 is 41.8 Å². The van der Waals surface area contributed by atoms with Crippen LogP contribution in [0.2, 0.25) is 0 Å². The molecule has 3 heterocycles. The molecule has 0 bridgehead atoms. The Morgan fingerprint density at radius 2 is 1.85 bits per heavy atom. The van der Waals surface area contributed by atoms with Crippen LogP contribution in [0.1, 0.15) is 86.0 Å². The molecule has 2 aliphatic heterocycles. The third-order valence-corrected chi connectivity index (χ3v) is 12.6. The summed E-state index contributed by atoms with van der Waals surface area (Å²) >= 11 is 0. The van der Waals surface area contributed by atoms with Crippen molar-refractivity contribution in [2.75, 3.05) is 13.7 Å². The summed E-state index contributed by atoms with van der Waals surface area (Å²) in [5.41, 5.74) is -2.20. The highest BCUT2D eigenvalue weighted by molar-refractivity contribution is 7.91. The van der Waals surface area contributed by atoms with Gasteiger partial charge < -0.3 is 34.7 Å². The van der Waals surface area contributed by atoms with Crippen molar-refractivity contribution in [3.63, 3.8) is 0 Å². The zero-order chi connectivity index (χ0) is 39.9. The van der Waals surface area contributed by atoms with E-state index >= 15 is 0 Å². The van der Waals surface area contributed by atoms with E-state index in [1.54, 1.807) is 39.0 Å². The van der Waals surface area contributed by atoms with Gasteiger partial charge in [-0.1, -0.05) is 32.4 Å². The molecule has 2 aliphatic carbocycles. The molecule has 2 aromatic rings. The summed E-state index contributed by atoms with van der Waals surface area (Å²) in [6.07, 6.45) is 5.55. The molecule has 3 fully saturated rings. The summed E-state index contributed by atoms with van der Waals surface area (Å²) in [5.74, 6) is -2.56. The minimum Gasteiger partial charge on any atom is -0.497 e. The number of aromatic amines is 1. The number of rotatable bonds is 8. The molecule has 1 aromatic heterocycles. The molecule has 0 spiro atoms. The van der Waals surface area contributed by atoms with Crippen molar-refractivity contribution >= 4 is 44.9 Å². The van der Waals surface area contributed by atoms with Crippen LogP contribution in [-0.4, -0.2) is 95.3 Å². The van der Waals surface area contributed by atoms with Crippen molar-refractivity contribution in [1.29, 1.82) is 0 Å². The Morgan fingerprint density at radius 1 is 1.11 bits per heavy atom. The monoisotopic (exact) mass is 784 g/mol. The van der Waals surface area contributed by atoms with Gasteiger partial charge in [-0.15, -0.1) is 0 Å². The summed E-state index contributed by atoms with van der Waals surface area (Å²) in [7, 11) is -2.43. The van der Waals surface area contributed by atoms with Crippen LogP contribution in [-0.2, 0) is 29.1 Å². The number of allylic oxidation sites excluding steroid dienone is 1. The second kappa shape index (κ2) is 15.5. The van der Waals surface area contributed by atoms with Crippen molar-refractivity contribution in [2.24, 2.45) is 17.8 Å². The maximum atomic E-state index is 14.8. The van der Waals surface area contributed by atoms with Crippen molar-refractivity contribution in [3.8, 4) is 11.6 Å². The smallest absolute Gasteiger partial charge is 0.408 e. The van der Waals surface area contributed by atoms with Crippen molar-refractivity contribution in [3.05, 3.63) is 40.7 Å². The summed E-state index contributed by atoms with van der Waals surface area (Å²) < 4.78 is 44.9. The lowest BCUT2D eigenvalue weighted by molar-refractivity contribution is -0.142. The van der Waals surface area contributed by atoms with E-state index in [1.165, 1.54) is 12.0 Å². The van der Waals surface area contributed by atoms with Gasteiger partial charge in [-0.3, -0.25) is 23.9 Å². The standard InChI is InChI=1S/C38H52N6O10S/c1-7-22-16-21(2)10-8-9-11-23-19-38(23,35(48)43-55(50,51)26-13-14-26)42-31(45)29-18-25(20-44(29)34(47)30(22)41-36(49)54-37(3,4)5)53-33-32(46)39-27-15-12-24(52-6)17-28(27)40-33/h9,11-12,15,17,21-23,25-26,29-30H,7-8,10,13-14,16,18-20H2,1-6H3,(H,39,46)(H,41,49)(H,42,45)(H,43,48)/b11-9-/t21-,22-,23-,25-,29+,30+,38-/m1/s1. The molecule has 7 atom stereocenters. The fraction of sp³-hybridized carbons (Fsp3) is 0.632. The van der Waals surface area contributed by atoms with Gasteiger partial charge in [-0.2, -0.15) is 0 Å². The number of aromatic nitrogens is 2. The maximum absolute atomic E-state index is 14.8. The molecule has 6 rings (SSSR count). The molecular formula is C38H52N6O10S. The Hall–Kier alpha value is -4.67. The highest BCUT2D eigenvalue weighted by atomic mass is 32.2. The molecule has 1 saturated heterocycles. The first-order valence-corrected chi connectivity index (χ1v) is 20.6. The molecule has 300 valence electrons. The van der Waals surface area contributed by atoms with E-state index in [1.807, 2.05) is 19.1 Å². The molecule has 1 aromatic carbocycles. The van der Waals surface area contributed by atoms with Gasteiger partial charge in [0, 0.05) is 18.4 Å². The number of benzene rings is 1. The lowest BCUT2D eigenvalue weighted by atomic mass is 9.85. The van der Waals surface area contributed by atoms with Gasteiger partial charge in [0.1, 0.15) is 35.1 Å². The largest absolute Gasteiger partial charge is 0.497 e. The van der Waals surface area contributed by atoms with Crippen LogP contribution in [0.4, 0.5) is 4.79 Å². The SMILES string of the molecule is CC[C@@H]1C[C@H](C)CC/C=C\[C@@H]2C[C@@]2(C(=O)NS(=O)(=O)C2CC2)NC(=O)[C@@H]2C[C@@H](Oc3nc4cc(OC)ccc4[nH]c3=O)CN2C(=O)[C@H]1NC(=O)OC(C)(C)C. The number of hydrogen-bond acceptors (Lipinski definition) is 11. The molecule has 55 heavy (non-hydrogen) atoms. The quantitative estimate of drug-likeness (QED) is 0.286. The first kappa shape index (κ1) is 40.0. The number of fused-ring (bicyclic) bond motifs is 3. The number of carbonyl (C=O) groups excluding carboxylic acids is 4. The number of amides is 4. The van der Waals surface area contributed by atoms with Gasteiger partial charge in [-0.25, -0.2) is 18.2 Å². The number of nitrogens with one attached hydrogen (secondary N) is 4. The number of carbonyl (C=O) groups is 4. The van der Waals surface area contributed by atoms with E-state index in [4.69, 9.17) is 14.2 Å². The van der Waals surface area contributed by atoms with Gasteiger partial charge in [0.15, 0.2) is 0 Å². The van der Waals surface area contributed by atoms with Crippen LogP contribution in [0, 0.1) is 17.8 Å². The van der Waals surface area contributed by atoms with Crippen LogP contribution in [0.15, 0.2) is 35.1 Å². The number of sulfonamides is 1. The summed E-state index contributed by atoms with van der Waals surface area (Å²) in [5, 5.41) is 4.99. The number of hydrogen-bond donors (Lipinski definition) is 4. The average molecular weight is 785 g/mol. The van der Waals surface area contributed by atoms with Crippen LogP contribution in [0.25, 0.3) is 11.0 Å². The van der Waals surface area contributed by atoms with Crippen LogP contribution >= 0.6 is 0 Å². The molecule has 4 aliphatic rings. The molecule has 4 N–H and O–H groups in total. The summed E-state index contributed by atoms with van der Waals surface area (Å²) in [6, 6.07) is 2.62. The number of H-pyrrole nitrogens is 1. The molecule has 4 amide bonds. The molecule has 0 radical (unpaired) electrons. The first-order valence-electron chi connectivity index (χ1n) is 19.0. The molecular weight excluding hydrogens is 733 g/mol. The van der Waals surface area contributed by atoms with E-state index in [0.29, 0.717) is 48.9 Å². The Bertz CT molecular complexity index is 2020. The summed E-state index contributed by atoms with van der Waals surface area (Å²) in [6.45, 7) is 8.98. The maximum Gasteiger partial charge on any atom is 0.408 e. The molecule has 0 unspecified atom stereocenters. The van der Waals surface area contributed by atoms with Crippen LogP contribution in [0.3, 0.4) is 0 Å². The lowest BCUT2D eigenvalue weighted by Gasteiger charge is -2.34. The predicted molar refractivity (Wildman–Crippen MR) is 202 cm³/mol. The zero-order valence-electron chi connectivity index (χ0n) is 32.2. The molecule has 17 heteroatoms. The number of alkyl carbamates (subject to hydrolysis) is 1. The van der Waals surface area contributed by atoms with E-state index in [9.17, 15) is 32.4 Å². The minimum absolute atomic E-state index is 0.0974. The molecule has 2 saturated carbocycles. The van der Waals surface area contributed by atoms with E-state index < -0.39 is 79.9 Å². The highest BCUT2D eigenvalue weighted by Crippen LogP contribution is 2.46. The minimum atomic E-state index is -3.93. The normalized spacial score (nSPS) is 29.5. The molecule has 16 nitrogen and oxygen atoms in total. The number of methoxy groups -OCH3 is 1. The lowest BCUT2D eigenvalue weighted by Crippen LogP contribution is -2.59. The Balaban J connectivity index is 1.36. The third kappa shape index (κ3) is 9.08. The van der Waals surface area contributed by atoms with E-state index in [-0.39, 0.29) is 37.1 Å². The fourth-order valence-electron chi connectivity index (χ4n) is 7.56. The third-order valence-electron chi connectivity index (χ3n) is 10.8. The van der Waals surface area contributed by atoms with Crippen molar-refractivity contribution in [1.82, 2.24) is 30.2 Å². The Kier molecular flexibility index (Phi) is 11.2. The number of nitrogens with zero attached hydrogens (tertiary/aromatic N) is 2. The first-order chi connectivity index (χ1) is 25.9. The topological polar surface area (TPSA) is 215 Å². The van der Waals surface area contributed by atoms with Gasteiger partial charge in [0.25, 0.3) is 11.8 Å². The summed E-state index contributed by atoms with van der Waals surface area (Å²) in [4.78, 5) is 77.9. The second-order valence-electron chi connectivity index (χ2n) is 16.3. The zero-order valence-corrected chi connectivity index (χ0v) is 33.0. The van der Waals surface area contributed by atoms with Gasteiger partial charge >= 0.3 is 11.7 Å². The second-order valence-corrected chi connectivity index (χ2v) is 18.3. The van der Waals surface area contributed by atoms with Gasteiger partial charge in [0.2, 0.25) is 21.8 Å². The fourth-order valence-corrected chi connectivity index (χ4v) is 8.92. The Morgan fingerprint density at radius 3 is 2.53 bits per heavy atom. The van der Waals surface area contributed by atoms with E-state index in [2.05, 4.69) is 32.2 Å². The number of ether oxygens (including phenoxy) is 3. The van der Waals surface area contributed by atoms with E-state index in [0.717, 1.165) is 6.42 Å². The van der Waals surface area contributed by atoms with Crippen molar-refractivity contribution in [2.45, 2.75) is 121 Å². The predicted octanol–water partition coefficient (Wildman–Crippen LogP) is 3.06. The Labute approximate surface area is 320 Å². The van der Waals surface area contributed by atoms with Crippen LogP contribution < -0.4 is 30.4 Å². The average Bonchev–Trinajstić information content (AvgIpc) is 4.04. The van der Waals surface area contributed by atoms with Gasteiger partial charge in [0.05, 0.1) is 29.9 Å².